The highest BCUT2D eigenvalue weighted by Gasteiger charge is 2.31. The molecular formula is C10H16N4O2. The van der Waals surface area contributed by atoms with Crippen molar-refractivity contribution in [1.29, 1.82) is 0 Å². The highest BCUT2D eigenvalue weighted by Crippen LogP contribution is 2.20. The quantitative estimate of drug-likeness (QED) is 0.549. The first-order chi connectivity index (χ1) is 7.83. The molecule has 0 N–H and O–H groups in total. The molecule has 1 aromatic rings. The van der Waals surface area contributed by atoms with Crippen molar-refractivity contribution in [3.63, 3.8) is 0 Å². The van der Waals surface area contributed by atoms with E-state index in [0.29, 0.717) is 13.0 Å². The van der Waals surface area contributed by atoms with Crippen LogP contribution >= 0.6 is 0 Å². The predicted octanol–water partition coefficient (Wildman–Crippen LogP) is 0.894. The van der Waals surface area contributed by atoms with Crippen molar-refractivity contribution >= 4 is 5.97 Å². The third-order valence-electron chi connectivity index (χ3n) is 2.77. The molecule has 0 radical (unpaired) electrons. The maximum atomic E-state index is 11.4. The van der Waals surface area contributed by atoms with Crippen LogP contribution in [0, 0.1) is 0 Å². The summed E-state index contributed by atoms with van der Waals surface area (Å²) in [5.74, 6) is 0.571. The molecule has 1 unspecified atom stereocenters. The van der Waals surface area contributed by atoms with Crippen molar-refractivity contribution in [1.82, 2.24) is 20.2 Å². The van der Waals surface area contributed by atoms with E-state index in [1.54, 1.807) is 4.68 Å². The number of aryl methyl sites for hydroxylation is 1. The number of tetrazole rings is 1. The zero-order chi connectivity index (χ0) is 11.4. The minimum absolute atomic E-state index is 0.218. The molecule has 1 aliphatic heterocycles. The van der Waals surface area contributed by atoms with Gasteiger partial charge in [-0.05, 0) is 16.8 Å². The highest BCUT2D eigenvalue weighted by atomic mass is 16.5. The Morgan fingerprint density at radius 1 is 1.50 bits per heavy atom. The smallest absolute Gasteiger partial charge is 0.331 e. The molecule has 88 valence electrons. The van der Waals surface area contributed by atoms with Gasteiger partial charge in [-0.25, -0.2) is 9.48 Å². The van der Waals surface area contributed by atoms with Gasteiger partial charge in [0.25, 0.3) is 0 Å². The molecule has 2 heterocycles. The summed E-state index contributed by atoms with van der Waals surface area (Å²) in [6.45, 7) is 2.62. The summed E-state index contributed by atoms with van der Waals surface area (Å²) < 4.78 is 6.53. The number of aromatic nitrogens is 4. The zero-order valence-electron chi connectivity index (χ0n) is 9.43. The summed E-state index contributed by atoms with van der Waals surface area (Å²) in [7, 11) is 0. The summed E-state index contributed by atoms with van der Waals surface area (Å²) in [6.07, 6.45) is 4.86. The summed E-state index contributed by atoms with van der Waals surface area (Å²) in [4.78, 5) is 11.4. The van der Waals surface area contributed by atoms with Gasteiger partial charge in [0.1, 0.15) is 0 Å². The van der Waals surface area contributed by atoms with Gasteiger partial charge in [0.15, 0.2) is 11.9 Å². The molecule has 0 bridgehead atoms. The van der Waals surface area contributed by atoms with E-state index in [-0.39, 0.29) is 12.0 Å². The summed E-state index contributed by atoms with van der Waals surface area (Å²) in [5, 5.41) is 11.5. The van der Waals surface area contributed by atoms with E-state index < -0.39 is 0 Å². The molecule has 0 spiro atoms. The van der Waals surface area contributed by atoms with Crippen molar-refractivity contribution in [2.45, 2.75) is 45.1 Å². The molecule has 6 heteroatoms. The fourth-order valence-electron chi connectivity index (χ4n) is 1.86. The molecule has 1 atom stereocenters. The van der Waals surface area contributed by atoms with E-state index in [4.69, 9.17) is 4.74 Å². The van der Waals surface area contributed by atoms with Crippen LogP contribution in [0.4, 0.5) is 0 Å². The molecule has 0 saturated carbocycles. The molecule has 1 saturated heterocycles. The first kappa shape index (κ1) is 11.0. The van der Waals surface area contributed by atoms with Crippen molar-refractivity contribution in [3.8, 4) is 0 Å². The largest absolute Gasteiger partial charge is 0.464 e. The minimum Gasteiger partial charge on any atom is -0.464 e. The van der Waals surface area contributed by atoms with Crippen molar-refractivity contribution in [2.75, 3.05) is 6.61 Å². The Bertz CT molecular complexity index is 363. The van der Waals surface area contributed by atoms with Crippen LogP contribution in [-0.2, 0) is 16.0 Å². The molecule has 16 heavy (non-hydrogen) atoms. The van der Waals surface area contributed by atoms with Crippen molar-refractivity contribution in [3.05, 3.63) is 5.82 Å². The lowest BCUT2D eigenvalue weighted by Gasteiger charge is -2.07. The molecule has 1 fully saturated rings. The van der Waals surface area contributed by atoms with Gasteiger partial charge >= 0.3 is 5.97 Å². The summed E-state index contributed by atoms with van der Waals surface area (Å²) in [6, 6.07) is -0.313. The predicted molar refractivity (Wildman–Crippen MR) is 55.7 cm³/mol. The number of rotatable bonds is 5. The Kier molecular flexibility index (Phi) is 3.48. The van der Waals surface area contributed by atoms with Crippen LogP contribution in [0.3, 0.4) is 0 Å². The van der Waals surface area contributed by atoms with Crippen LogP contribution in [0.2, 0.25) is 0 Å². The summed E-state index contributed by atoms with van der Waals surface area (Å²) in [5.41, 5.74) is 0. The van der Waals surface area contributed by atoms with Gasteiger partial charge in [-0.2, -0.15) is 0 Å². The van der Waals surface area contributed by atoms with E-state index in [1.807, 2.05) is 0 Å². The molecule has 6 nitrogen and oxygen atoms in total. The second kappa shape index (κ2) is 5.05. The van der Waals surface area contributed by atoms with Crippen molar-refractivity contribution in [2.24, 2.45) is 0 Å². The monoisotopic (exact) mass is 224 g/mol. The van der Waals surface area contributed by atoms with Crippen LogP contribution in [0.25, 0.3) is 0 Å². The molecule has 1 aromatic heterocycles. The van der Waals surface area contributed by atoms with Gasteiger partial charge in [-0.15, -0.1) is 5.10 Å². The maximum absolute atomic E-state index is 11.4. The number of ether oxygens (including phenoxy) is 1. The third kappa shape index (κ3) is 2.20. The zero-order valence-corrected chi connectivity index (χ0v) is 9.43. The Morgan fingerprint density at radius 2 is 2.38 bits per heavy atom. The Balaban J connectivity index is 2.03. The lowest BCUT2D eigenvalue weighted by Crippen LogP contribution is -2.18. The SMILES string of the molecule is CCCCCc1nnnn1C1CCOC1=O. The van der Waals surface area contributed by atoms with Gasteiger partial charge in [0, 0.05) is 12.8 Å². The standard InChI is InChI=1S/C10H16N4O2/c1-2-3-4-5-9-11-12-13-14(9)8-6-7-16-10(8)15/h8H,2-7H2,1H3. The lowest BCUT2D eigenvalue weighted by molar-refractivity contribution is -0.140. The van der Waals surface area contributed by atoms with Crippen LogP contribution < -0.4 is 0 Å². The highest BCUT2D eigenvalue weighted by molar-refractivity contribution is 5.75. The fraction of sp³-hybridized carbons (Fsp3) is 0.800. The van der Waals surface area contributed by atoms with Crippen LogP contribution in [0.15, 0.2) is 0 Å². The lowest BCUT2D eigenvalue weighted by atomic mass is 10.2. The number of hydrogen-bond acceptors (Lipinski definition) is 5. The van der Waals surface area contributed by atoms with Crippen LogP contribution in [0.1, 0.15) is 44.5 Å². The van der Waals surface area contributed by atoms with E-state index in [9.17, 15) is 4.79 Å². The first-order valence-corrected chi connectivity index (χ1v) is 5.76. The maximum Gasteiger partial charge on any atom is 0.331 e. The van der Waals surface area contributed by atoms with E-state index >= 15 is 0 Å². The van der Waals surface area contributed by atoms with Gasteiger partial charge in [0.05, 0.1) is 6.61 Å². The number of carbonyl (C=O) groups is 1. The molecular weight excluding hydrogens is 208 g/mol. The number of unbranched alkanes of at least 4 members (excludes halogenated alkanes) is 2. The fourth-order valence-corrected chi connectivity index (χ4v) is 1.86. The number of cyclic esters (lactones) is 1. The number of hydrogen-bond donors (Lipinski definition) is 0. The number of esters is 1. The van der Waals surface area contributed by atoms with E-state index in [0.717, 1.165) is 31.5 Å². The van der Waals surface area contributed by atoms with Crippen molar-refractivity contribution < 1.29 is 9.53 Å². The van der Waals surface area contributed by atoms with Gasteiger partial charge in [0.2, 0.25) is 0 Å². The summed E-state index contributed by atoms with van der Waals surface area (Å²) >= 11 is 0. The van der Waals surface area contributed by atoms with Crippen LogP contribution in [0.5, 0.6) is 0 Å². The van der Waals surface area contributed by atoms with Gasteiger partial charge in [-0.3, -0.25) is 0 Å². The number of nitrogens with zero attached hydrogens (tertiary/aromatic N) is 4. The Labute approximate surface area is 94.0 Å². The molecule has 2 rings (SSSR count). The normalized spacial score (nSPS) is 20.1. The third-order valence-corrected chi connectivity index (χ3v) is 2.77. The molecule has 0 aliphatic carbocycles. The van der Waals surface area contributed by atoms with Crippen LogP contribution in [-0.4, -0.2) is 32.8 Å². The Hall–Kier alpha value is -1.46. The van der Waals surface area contributed by atoms with Gasteiger partial charge in [-0.1, -0.05) is 19.8 Å². The first-order valence-electron chi connectivity index (χ1n) is 5.76. The second-order valence-electron chi connectivity index (χ2n) is 3.97. The van der Waals surface area contributed by atoms with E-state index in [2.05, 4.69) is 22.4 Å². The Morgan fingerprint density at radius 3 is 3.06 bits per heavy atom. The second-order valence-corrected chi connectivity index (χ2v) is 3.97. The minimum atomic E-state index is -0.313. The average molecular weight is 224 g/mol. The average Bonchev–Trinajstić information content (AvgIpc) is 2.87. The molecule has 0 aromatic carbocycles. The molecule has 1 aliphatic rings. The van der Waals surface area contributed by atoms with Gasteiger partial charge < -0.3 is 4.74 Å². The molecule has 0 amide bonds. The topological polar surface area (TPSA) is 69.9 Å². The number of carbonyl (C=O) groups excluding carboxylic acids is 1. The van der Waals surface area contributed by atoms with E-state index in [1.165, 1.54) is 0 Å².